The third-order valence-corrected chi connectivity index (χ3v) is 5.06. The lowest BCUT2D eigenvalue weighted by molar-refractivity contribution is 0.195. The van der Waals surface area contributed by atoms with E-state index < -0.39 is 0 Å². The maximum atomic E-state index is 11.0. The SMILES string of the molecule is On1c(-c2c(Cl)cccc2Cl)nc2c1-c1cccnc1Nc1cnccc1-2. The van der Waals surface area contributed by atoms with Crippen LogP contribution in [-0.4, -0.2) is 24.9 Å². The van der Waals surface area contributed by atoms with Crippen molar-refractivity contribution in [3.05, 3.63) is 65.0 Å². The number of halogens is 2. The fraction of sp³-hybridized carbons (Fsp3) is 0. The van der Waals surface area contributed by atoms with Crippen LogP contribution in [0.15, 0.2) is 55.0 Å². The number of anilines is 2. The van der Waals surface area contributed by atoms with Gasteiger partial charge in [0.2, 0.25) is 0 Å². The maximum Gasteiger partial charge on any atom is 0.179 e. The van der Waals surface area contributed by atoms with Crippen LogP contribution in [0.3, 0.4) is 0 Å². The minimum atomic E-state index is 0.259. The Morgan fingerprint density at radius 1 is 0.963 bits per heavy atom. The number of pyridine rings is 2. The fourth-order valence-electron chi connectivity index (χ4n) is 3.24. The molecule has 0 atom stereocenters. The van der Waals surface area contributed by atoms with E-state index in [1.165, 1.54) is 0 Å². The molecule has 0 spiro atoms. The number of hydrogen-bond donors (Lipinski definition) is 2. The largest absolute Gasteiger partial charge is 0.426 e. The van der Waals surface area contributed by atoms with Gasteiger partial charge in [0.05, 0.1) is 27.5 Å². The Morgan fingerprint density at radius 2 is 1.78 bits per heavy atom. The fourth-order valence-corrected chi connectivity index (χ4v) is 3.81. The van der Waals surface area contributed by atoms with E-state index in [9.17, 15) is 5.21 Å². The first kappa shape index (κ1) is 16.1. The Balaban J connectivity index is 1.89. The Bertz CT molecular complexity index is 1180. The van der Waals surface area contributed by atoms with Gasteiger partial charge in [-0.25, -0.2) is 9.97 Å². The van der Waals surface area contributed by atoms with Crippen LogP contribution in [0.2, 0.25) is 10.0 Å². The van der Waals surface area contributed by atoms with Crippen molar-refractivity contribution in [2.24, 2.45) is 0 Å². The summed E-state index contributed by atoms with van der Waals surface area (Å²) in [5, 5.41) is 15.1. The first-order valence-corrected chi connectivity index (χ1v) is 8.84. The predicted octanol–water partition coefficient (Wildman–Crippen LogP) is 5.28. The zero-order valence-electron chi connectivity index (χ0n) is 13.7. The summed E-state index contributed by atoms with van der Waals surface area (Å²) in [5.41, 5.74) is 3.78. The Hall–Kier alpha value is -3.09. The summed E-state index contributed by atoms with van der Waals surface area (Å²) in [6.45, 7) is 0. The smallest absolute Gasteiger partial charge is 0.179 e. The highest BCUT2D eigenvalue weighted by atomic mass is 35.5. The molecule has 132 valence electrons. The number of hydrogen-bond acceptors (Lipinski definition) is 5. The van der Waals surface area contributed by atoms with Crippen LogP contribution in [0.4, 0.5) is 11.5 Å². The van der Waals surface area contributed by atoms with Crippen molar-refractivity contribution in [2.75, 3.05) is 5.32 Å². The van der Waals surface area contributed by atoms with Crippen LogP contribution in [-0.2, 0) is 0 Å². The molecule has 0 aliphatic carbocycles. The molecular formula is C19H11Cl2N5O. The van der Waals surface area contributed by atoms with Gasteiger partial charge in [-0.2, -0.15) is 4.73 Å². The molecule has 4 heterocycles. The molecule has 3 aromatic heterocycles. The summed E-state index contributed by atoms with van der Waals surface area (Å²) < 4.78 is 1.01. The van der Waals surface area contributed by atoms with Gasteiger partial charge in [-0.1, -0.05) is 29.3 Å². The zero-order chi connectivity index (χ0) is 18.5. The second-order valence-electron chi connectivity index (χ2n) is 5.99. The minimum Gasteiger partial charge on any atom is -0.426 e. The molecule has 0 saturated heterocycles. The molecule has 0 unspecified atom stereocenters. The summed E-state index contributed by atoms with van der Waals surface area (Å²) in [6.07, 6.45) is 5.05. The highest BCUT2D eigenvalue weighted by Gasteiger charge is 2.29. The standard InChI is InChI=1S/C19H11Cl2N5O/c20-12-4-1-5-13(21)15(12)19-25-16-10-6-8-22-9-14(10)24-18-11(3-2-7-23-18)17(16)26(19)27/h1-9,27H,(H,23,24). The second kappa shape index (κ2) is 5.97. The topological polar surface area (TPSA) is 75.9 Å². The number of aromatic nitrogens is 4. The normalized spacial score (nSPS) is 11.8. The highest BCUT2D eigenvalue weighted by Crippen LogP contribution is 2.45. The Labute approximate surface area is 164 Å². The minimum absolute atomic E-state index is 0.259. The molecule has 0 radical (unpaired) electrons. The molecule has 1 aliphatic heterocycles. The number of benzene rings is 1. The molecule has 2 N–H and O–H groups in total. The lowest BCUT2D eigenvalue weighted by Gasteiger charge is -2.10. The summed E-state index contributed by atoms with van der Waals surface area (Å²) in [5.74, 6) is 0.854. The lowest BCUT2D eigenvalue weighted by atomic mass is 10.1. The summed E-state index contributed by atoms with van der Waals surface area (Å²) in [7, 11) is 0. The number of fused-ring (bicyclic) bond motifs is 5. The van der Waals surface area contributed by atoms with Crippen molar-refractivity contribution in [1.82, 2.24) is 19.7 Å². The van der Waals surface area contributed by atoms with E-state index in [4.69, 9.17) is 28.2 Å². The van der Waals surface area contributed by atoms with Gasteiger partial charge >= 0.3 is 0 Å². The first-order chi connectivity index (χ1) is 13.1. The molecule has 1 aliphatic rings. The van der Waals surface area contributed by atoms with E-state index in [0.717, 1.165) is 16.0 Å². The van der Waals surface area contributed by atoms with Gasteiger partial charge in [-0.05, 0) is 30.3 Å². The van der Waals surface area contributed by atoms with Crippen molar-refractivity contribution in [3.8, 4) is 33.9 Å². The number of imidazole rings is 1. The van der Waals surface area contributed by atoms with Gasteiger partial charge in [0.15, 0.2) is 5.82 Å². The van der Waals surface area contributed by atoms with E-state index in [2.05, 4.69) is 15.3 Å². The van der Waals surface area contributed by atoms with E-state index in [1.54, 1.807) is 42.9 Å². The van der Waals surface area contributed by atoms with E-state index in [0.29, 0.717) is 38.4 Å². The summed E-state index contributed by atoms with van der Waals surface area (Å²) >= 11 is 12.7. The van der Waals surface area contributed by atoms with E-state index in [-0.39, 0.29) is 5.82 Å². The Morgan fingerprint density at radius 3 is 2.59 bits per heavy atom. The summed E-state index contributed by atoms with van der Waals surface area (Å²) in [6, 6.07) is 10.6. The van der Waals surface area contributed by atoms with E-state index in [1.807, 2.05) is 12.1 Å². The van der Waals surface area contributed by atoms with Crippen LogP contribution in [0.5, 0.6) is 0 Å². The third kappa shape index (κ3) is 2.38. The van der Waals surface area contributed by atoms with Crippen molar-refractivity contribution in [1.29, 1.82) is 0 Å². The van der Waals surface area contributed by atoms with Gasteiger partial charge < -0.3 is 10.5 Å². The van der Waals surface area contributed by atoms with Gasteiger partial charge in [0.1, 0.15) is 17.2 Å². The molecule has 1 aromatic carbocycles. The van der Waals surface area contributed by atoms with Crippen LogP contribution in [0, 0.1) is 0 Å². The van der Waals surface area contributed by atoms with Crippen LogP contribution < -0.4 is 5.32 Å². The van der Waals surface area contributed by atoms with Crippen molar-refractivity contribution < 1.29 is 5.21 Å². The highest BCUT2D eigenvalue weighted by molar-refractivity contribution is 6.39. The van der Waals surface area contributed by atoms with Crippen LogP contribution in [0.25, 0.3) is 33.9 Å². The third-order valence-electron chi connectivity index (χ3n) is 4.43. The molecule has 0 bridgehead atoms. The zero-order valence-corrected chi connectivity index (χ0v) is 15.2. The van der Waals surface area contributed by atoms with E-state index >= 15 is 0 Å². The molecule has 5 rings (SSSR count). The average Bonchev–Trinajstić information content (AvgIpc) is 2.92. The van der Waals surface area contributed by atoms with Crippen molar-refractivity contribution >= 4 is 34.7 Å². The van der Waals surface area contributed by atoms with Crippen molar-refractivity contribution in [2.45, 2.75) is 0 Å². The number of nitrogens with one attached hydrogen (secondary N) is 1. The molecule has 0 fully saturated rings. The predicted molar refractivity (Wildman–Crippen MR) is 105 cm³/mol. The lowest BCUT2D eigenvalue weighted by Crippen LogP contribution is -2.00. The van der Waals surface area contributed by atoms with Crippen molar-refractivity contribution in [3.63, 3.8) is 0 Å². The average molecular weight is 396 g/mol. The number of rotatable bonds is 1. The molecular weight excluding hydrogens is 385 g/mol. The molecule has 0 saturated carbocycles. The van der Waals surface area contributed by atoms with Gasteiger partial charge in [-0.3, -0.25) is 4.98 Å². The van der Waals surface area contributed by atoms with Gasteiger partial charge in [0, 0.05) is 23.5 Å². The molecule has 8 heteroatoms. The first-order valence-electron chi connectivity index (χ1n) is 8.08. The maximum absolute atomic E-state index is 11.0. The monoisotopic (exact) mass is 395 g/mol. The van der Waals surface area contributed by atoms with Crippen LogP contribution >= 0.6 is 23.2 Å². The quantitative estimate of drug-likeness (QED) is 0.377. The molecule has 6 nitrogen and oxygen atoms in total. The molecule has 27 heavy (non-hydrogen) atoms. The van der Waals surface area contributed by atoms with Crippen LogP contribution in [0.1, 0.15) is 0 Å². The molecule has 4 aromatic rings. The summed E-state index contributed by atoms with van der Waals surface area (Å²) in [4.78, 5) is 13.3. The molecule has 0 amide bonds. The van der Waals surface area contributed by atoms with Gasteiger partial charge in [-0.15, -0.1) is 0 Å². The Kier molecular flexibility index (Phi) is 3.56. The van der Waals surface area contributed by atoms with Gasteiger partial charge in [0.25, 0.3) is 0 Å². The number of nitrogens with zero attached hydrogens (tertiary/aromatic N) is 4. The second-order valence-corrected chi connectivity index (χ2v) is 6.80.